The highest BCUT2D eigenvalue weighted by atomic mass is 19.4. The van der Waals surface area contributed by atoms with Gasteiger partial charge < -0.3 is 10.1 Å². The number of ether oxygens (including phenoxy) is 1. The summed E-state index contributed by atoms with van der Waals surface area (Å²) < 4.78 is 40.9. The van der Waals surface area contributed by atoms with Crippen molar-refractivity contribution in [3.05, 3.63) is 0 Å². The largest absolute Gasteiger partial charge is 0.446 e. The molecule has 16 heavy (non-hydrogen) atoms. The molecule has 1 rings (SSSR count). The first-order valence-corrected chi connectivity index (χ1v) is 5.41. The average molecular weight is 239 g/mol. The van der Waals surface area contributed by atoms with E-state index in [0.29, 0.717) is 0 Å². The van der Waals surface area contributed by atoms with Gasteiger partial charge in [0.15, 0.2) is 0 Å². The molecule has 94 valence electrons. The van der Waals surface area contributed by atoms with Crippen LogP contribution < -0.4 is 5.32 Å². The van der Waals surface area contributed by atoms with Gasteiger partial charge in [-0.25, -0.2) is 4.79 Å². The molecule has 1 fully saturated rings. The smallest absolute Gasteiger partial charge is 0.407 e. The minimum absolute atomic E-state index is 0.127. The molecular formula is C10H16F3NO2. The Balaban J connectivity index is 2.22. The quantitative estimate of drug-likeness (QED) is 0.822. The molecule has 0 aromatic heterocycles. The van der Waals surface area contributed by atoms with Crippen molar-refractivity contribution in [2.45, 2.75) is 57.3 Å². The summed E-state index contributed by atoms with van der Waals surface area (Å²) >= 11 is 0. The number of alkyl carbamates (subject to hydrolysis) is 1. The zero-order valence-corrected chi connectivity index (χ0v) is 9.14. The van der Waals surface area contributed by atoms with Crippen LogP contribution in [0.3, 0.4) is 0 Å². The summed E-state index contributed by atoms with van der Waals surface area (Å²) in [4.78, 5) is 11.2. The number of hydrogen-bond donors (Lipinski definition) is 1. The number of carbonyl (C=O) groups is 1. The van der Waals surface area contributed by atoms with Crippen molar-refractivity contribution in [2.24, 2.45) is 0 Å². The zero-order chi connectivity index (χ0) is 12.2. The van der Waals surface area contributed by atoms with Gasteiger partial charge in [0.25, 0.3) is 0 Å². The van der Waals surface area contributed by atoms with Crippen LogP contribution in [0.2, 0.25) is 0 Å². The Morgan fingerprint density at radius 3 is 2.50 bits per heavy atom. The molecule has 0 spiro atoms. The second-order valence-electron chi connectivity index (χ2n) is 4.18. The fourth-order valence-corrected chi connectivity index (χ4v) is 1.79. The number of hydrogen-bond acceptors (Lipinski definition) is 2. The van der Waals surface area contributed by atoms with Gasteiger partial charge >= 0.3 is 12.3 Å². The van der Waals surface area contributed by atoms with E-state index in [4.69, 9.17) is 4.74 Å². The predicted molar refractivity (Wildman–Crippen MR) is 52.0 cm³/mol. The Morgan fingerprint density at radius 1 is 1.44 bits per heavy atom. The Hall–Kier alpha value is -0.940. The van der Waals surface area contributed by atoms with E-state index in [1.807, 2.05) is 0 Å². The van der Waals surface area contributed by atoms with Gasteiger partial charge in [-0.1, -0.05) is 0 Å². The van der Waals surface area contributed by atoms with Crippen LogP contribution in [0.4, 0.5) is 18.0 Å². The summed E-state index contributed by atoms with van der Waals surface area (Å²) in [5.74, 6) is 0. The maximum absolute atomic E-state index is 12.0. The van der Waals surface area contributed by atoms with E-state index >= 15 is 0 Å². The van der Waals surface area contributed by atoms with E-state index in [1.54, 1.807) is 0 Å². The second-order valence-corrected chi connectivity index (χ2v) is 4.18. The third-order valence-electron chi connectivity index (χ3n) is 2.48. The molecule has 0 aromatic rings. The lowest BCUT2D eigenvalue weighted by Gasteiger charge is -2.17. The first-order valence-electron chi connectivity index (χ1n) is 5.41. The first-order chi connectivity index (χ1) is 7.37. The number of alkyl halides is 3. The lowest BCUT2D eigenvalue weighted by molar-refractivity contribution is -0.138. The van der Waals surface area contributed by atoms with Crippen molar-refractivity contribution in [1.29, 1.82) is 0 Å². The molecular weight excluding hydrogens is 223 g/mol. The Labute approximate surface area is 92.3 Å². The second kappa shape index (κ2) is 5.41. The molecule has 1 unspecified atom stereocenters. The molecule has 1 N–H and O–H groups in total. The number of carbonyl (C=O) groups excluding carboxylic acids is 1. The summed E-state index contributed by atoms with van der Waals surface area (Å²) in [5, 5.41) is 2.18. The molecule has 0 aromatic carbocycles. The van der Waals surface area contributed by atoms with Gasteiger partial charge in [0.05, 0.1) is 6.42 Å². The Kier molecular flexibility index (Phi) is 4.44. The number of nitrogens with one attached hydrogen (secondary N) is 1. The topological polar surface area (TPSA) is 38.3 Å². The minimum atomic E-state index is -4.26. The summed E-state index contributed by atoms with van der Waals surface area (Å²) in [7, 11) is 0. The van der Waals surface area contributed by atoms with Crippen molar-refractivity contribution in [2.75, 3.05) is 0 Å². The Morgan fingerprint density at radius 2 is 2.00 bits per heavy atom. The lowest BCUT2D eigenvalue weighted by Crippen LogP contribution is -2.37. The number of halogens is 3. The van der Waals surface area contributed by atoms with Gasteiger partial charge in [-0.15, -0.1) is 0 Å². The highest BCUT2D eigenvalue weighted by molar-refractivity contribution is 5.67. The third-order valence-corrected chi connectivity index (χ3v) is 2.48. The van der Waals surface area contributed by atoms with Gasteiger partial charge in [0.1, 0.15) is 6.10 Å². The fourth-order valence-electron chi connectivity index (χ4n) is 1.79. The third kappa shape index (κ3) is 5.23. The average Bonchev–Trinajstić information content (AvgIpc) is 2.51. The van der Waals surface area contributed by atoms with Crippen LogP contribution in [-0.2, 0) is 4.74 Å². The molecule has 0 saturated heterocycles. The molecule has 3 nitrogen and oxygen atoms in total. The van der Waals surface area contributed by atoms with Crippen LogP contribution >= 0.6 is 0 Å². The maximum atomic E-state index is 12.0. The Bertz CT molecular complexity index is 237. The molecule has 0 aliphatic heterocycles. The molecule has 1 aliphatic carbocycles. The van der Waals surface area contributed by atoms with Crippen LogP contribution in [0.5, 0.6) is 0 Å². The highest BCUT2D eigenvalue weighted by Gasteiger charge is 2.31. The van der Waals surface area contributed by atoms with Crippen LogP contribution in [0.1, 0.15) is 39.0 Å². The van der Waals surface area contributed by atoms with Gasteiger partial charge in [-0.2, -0.15) is 13.2 Å². The molecule has 1 aliphatic rings. The van der Waals surface area contributed by atoms with Gasteiger partial charge in [-0.05, 0) is 32.6 Å². The van der Waals surface area contributed by atoms with E-state index < -0.39 is 24.7 Å². The molecule has 1 amide bonds. The summed E-state index contributed by atoms with van der Waals surface area (Å²) in [6, 6.07) is -0.950. The summed E-state index contributed by atoms with van der Waals surface area (Å²) in [6.45, 7) is 1.31. The summed E-state index contributed by atoms with van der Waals surface area (Å²) in [6.07, 6.45) is -2.54. The van der Waals surface area contributed by atoms with Gasteiger partial charge in [-0.3, -0.25) is 0 Å². The van der Waals surface area contributed by atoms with Crippen LogP contribution in [0.15, 0.2) is 0 Å². The lowest BCUT2D eigenvalue weighted by atomic mass is 10.2. The van der Waals surface area contributed by atoms with Crippen LogP contribution in [-0.4, -0.2) is 24.4 Å². The van der Waals surface area contributed by atoms with Crippen LogP contribution in [0.25, 0.3) is 0 Å². The van der Waals surface area contributed by atoms with Crippen molar-refractivity contribution in [3.63, 3.8) is 0 Å². The van der Waals surface area contributed by atoms with Crippen molar-refractivity contribution in [3.8, 4) is 0 Å². The molecule has 0 radical (unpaired) electrons. The number of amides is 1. The van der Waals surface area contributed by atoms with Crippen molar-refractivity contribution >= 4 is 6.09 Å². The van der Waals surface area contributed by atoms with E-state index in [-0.39, 0.29) is 6.10 Å². The minimum Gasteiger partial charge on any atom is -0.446 e. The van der Waals surface area contributed by atoms with Crippen molar-refractivity contribution < 1.29 is 22.7 Å². The molecule has 6 heteroatoms. The monoisotopic (exact) mass is 239 g/mol. The van der Waals surface area contributed by atoms with E-state index in [9.17, 15) is 18.0 Å². The van der Waals surface area contributed by atoms with E-state index in [1.165, 1.54) is 6.92 Å². The normalized spacial score (nSPS) is 19.5. The molecule has 1 atom stereocenters. The number of rotatable bonds is 3. The van der Waals surface area contributed by atoms with Crippen LogP contribution in [0, 0.1) is 0 Å². The zero-order valence-electron chi connectivity index (χ0n) is 9.14. The SMILES string of the molecule is CC(CC(F)(F)F)NC(=O)OC1CCCC1. The van der Waals surface area contributed by atoms with Crippen molar-refractivity contribution in [1.82, 2.24) is 5.32 Å². The van der Waals surface area contributed by atoms with Gasteiger partial charge in [0, 0.05) is 6.04 Å². The van der Waals surface area contributed by atoms with E-state index in [2.05, 4.69) is 5.32 Å². The first kappa shape index (κ1) is 13.1. The predicted octanol–water partition coefficient (Wildman–Crippen LogP) is 3.00. The maximum Gasteiger partial charge on any atom is 0.407 e. The highest BCUT2D eigenvalue weighted by Crippen LogP contribution is 2.22. The molecule has 0 bridgehead atoms. The summed E-state index contributed by atoms with van der Waals surface area (Å²) in [5.41, 5.74) is 0. The van der Waals surface area contributed by atoms with E-state index in [0.717, 1.165) is 25.7 Å². The fraction of sp³-hybridized carbons (Fsp3) is 0.900. The molecule has 0 heterocycles. The standard InChI is InChI=1S/C10H16F3NO2/c1-7(6-10(11,12)13)14-9(15)16-8-4-2-3-5-8/h7-8H,2-6H2,1H3,(H,14,15). The molecule has 1 saturated carbocycles. The van der Waals surface area contributed by atoms with Gasteiger partial charge in [0.2, 0.25) is 0 Å².